The maximum Gasteiger partial charge on any atom is 0.279 e. The van der Waals surface area contributed by atoms with E-state index < -0.39 is 19.4 Å². The van der Waals surface area contributed by atoms with Crippen LogP contribution in [0.1, 0.15) is 94.5 Å². The number of allylic oxidation sites excluding steroid dienone is 1. The molecule has 2 fully saturated rings. The molecule has 0 aromatic carbocycles. The predicted octanol–water partition coefficient (Wildman–Crippen LogP) is 11.1. The van der Waals surface area contributed by atoms with Gasteiger partial charge in [0.1, 0.15) is 29.3 Å². The van der Waals surface area contributed by atoms with E-state index >= 15 is 0 Å². The largest absolute Gasteiger partial charge is 0.487 e. The number of thioether (sulfide) groups is 3. The molecule has 4 rings (SSSR count). The van der Waals surface area contributed by atoms with Crippen LogP contribution in [-0.4, -0.2) is 169 Å². The first-order chi connectivity index (χ1) is 36.7. The van der Waals surface area contributed by atoms with Crippen LogP contribution >= 0.6 is 187 Å². The van der Waals surface area contributed by atoms with Crippen LogP contribution in [0.15, 0.2) is 17.0 Å². The van der Waals surface area contributed by atoms with E-state index in [1.54, 1.807) is 35.3 Å². The van der Waals surface area contributed by atoms with Gasteiger partial charge in [0.05, 0.1) is 31.7 Å². The summed E-state index contributed by atoms with van der Waals surface area (Å²) in [5.41, 5.74) is 0.337. The van der Waals surface area contributed by atoms with Crippen LogP contribution in [0.3, 0.4) is 0 Å². The third-order valence-corrected chi connectivity index (χ3v) is 15.9. The van der Waals surface area contributed by atoms with Gasteiger partial charge in [0.25, 0.3) is 19.4 Å². The van der Waals surface area contributed by atoms with Crippen LogP contribution in [-0.2, 0) is 66.6 Å². The first kappa shape index (κ1) is 76.1. The van der Waals surface area contributed by atoms with Gasteiger partial charge in [-0.15, -0.1) is 35.3 Å². The highest BCUT2D eigenvalue weighted by molar-refractivity contribution is 8.01. The number of hydrogen-bond donors (Lipinski definition) is 12. The lowest BCUT2D eigenvalue weighted by Crippen LogP contribution is -2.44. The Morgan fingerprint density at radius 3 is 1.04 bits per heavy atom. The van der Waals surface area contributed by atoms with Crippen molar-refractivity contribution in [2.45, 2.75) is 139 Å². The molecule has 0 radical (unpaired) electrons. The average molecular weight is 1340 g/mol. The molecule has 0 amide bonds. The molecule has 0 saturated carbocycles. The summed E-state index contributed by atoms with van der Waals surface area (Å²) in [6.45, 7) is -1.20. The van der Waals surface area contributed by atoms with Crippen molar-refractivity contribution >= 4 is 193 Å². The van der Waals surface area contributed by atoms with Crippen LogP contribution in [0.5, 0.6) is 0 Å². The Morgan fingerprint density at radius 1 is 0.387 bits per heavy atom. The summed E-state index contributed by atoms with van der Waals surface area (Å²) in [6.07, 6.45) is 15.7. The number of rotatable bonds is 39. The molecule has 1 atom stereocenters. The molecule has 0 bridgehead atoms. The summed E-state index contributed by atoms with van der Waals surface area (Å²) in [6, 6.07) is 0. The number of hydrogen-bond acceptors (Lipinski definition) is 29. The topological polar surface area (TPSA) is 143 Å². The van der Waals surface area contributed by atoms with E-state index in [1.165, 1.54) is 0 Å². The lowest BCUT2D eigenvalue weighted by atomic mass is 10.1. The Bertz CT molecular complexity index is 1340. The minimum atomic E-state index is -0.874. The van der Waals surface area contributed by atoms with Crippen molar-refractivity contribution in [3.8, 4) is 0 Å². The maximum atomic E-state index is 5.83. The number of nitrogens with zero attached hydrogens (tertiary/aromatic N) is 4. The molecule has 0 aliphatic carbocycles. The number of aromatic nitrogens is 3. The zero-order chi connectivity index (χ0) is 55.0. The highest BCUT2D eigenvalue weighted by Gasteiger charge is 2.33. The van der Waals surface area contributed by atoms with Crippen LogP contribution in [0, 0.1) is 0 Å². The number of ether oxygens (including phenoxy) is 10. The van der Waals surface area contributed by atoms with Gasteiger partial charge < -0.3 is 33.2 Å². The molecule has 0 N–H and O–H groups in total. The van der Waals surface area contributed by atoms with Gasteiger partial charge in [-0.3, -0.25) is 19.2 Å². The normalized spacial score (nSPS) is 21.4. The fourth-order valence-corrected chi connectivity index (χ4v) is 11.1. The summed E-state index contributed by atoms with van der Waals surface area (Å²) in [5.74, 6) is 16.4. The Labute approximate surface area is 528 Å². The van der Waals surface area contributed by atoms with E-state index in [1.807, 2.05) is 6.20 Å². The number of aliphatic imine (C=N–C) groups is 1. The van der Waals surface area contributed by atoms with E-state index in [2.05, 4.69) is 171 Å². The lowest BCUT2D eigenvalue weighted by Gasteiger charge is -2.34. The molecule has 2 saturated heterocycles. The zero-order valence-electron chi connectivity index (χ0n) is 42.9. The Hall–Kier alpha value is 3.11. The molecule has 1 unspecified atom stereocenters. The third-order valence-electron chi connectivity index (χ3n) is 9.28. The molecular formula is C46H86N4O10S15. The van der Waals surface area contributed by atoms with Gasteiger partial charge in [0, 0.05) is 25.7 Å². The van der Waals surface area contributed by atoms with Crippen molar-refractivity contribution in [2.75, 3.05) is 106 Å². The van der Waals surface area contributed by atoms with Crippen LogP contribution in [0.2, 0.25) is 0 Å². The highest BCUT2D eigenvalue weighted by Crippen LogP contribution is 2.34. The summed E-state index contributed by atoms with van der Waals surface area (Å²) >= 11 is 55.4. The molecule has 3 aliphatic heterocycles. The van der Waals surface area contributed by atoms with Crippen molar-refractivity contribution < 1.29 is 47.4 Å². The summed E-state index contributed by atoms with van der Waals surface area (Å²) in [7, 11) is 0. The van der Waals surface area contributed by atoms with E-state index in [0.717, 1.165) is 212 Å². The van der Waals surface area contributed by atoms with Crippen molar-refractivity contribution in [1.29, 1.82) is 0 Å². The van der Waals surface area contributed by atoms with Crippen molar-refractivity contribution in [3.63, 3.8) is 0 Å². The number of aryl methyl sites for hydroxylation is 3. The quantitative estimate of drug-likeness (QED) is 0.0224. The van der Waals surface area contributed by atoms with Crippen LogP contribution < -0.4 is 0 Å². The minimum absolute atomic E-state index is 0.0922. The van der Waals surface area contributed by atoms with E-state index in [9.17, 15) is 0 Å². The molecule has 29 heteroatoms. The predicted molar refractivity (Wildman–Crippen MR) is 357 cm³/mol. The second kappa shape index (κ2) is 55.0. The second-order valence-corrected chi connectivity index (χ2v) is 24.3. The summed E-state index contributed by atoms with van der Waals surface area (Å²) in [4.78, 5) is 18.0. The fourth-order valence-electron chi connectivity index (χ4n) is 5.68. The van der Waals surface area contributed by atoms with Crippen LogP contribution in [0.4, 0.5) is 0 Å². The van der Waals surface area contributed by atoms with Gasteiger partial charge in [-0.25, -0.2) is 15.0 Å². The molecule has 0 spiro atoms. The number of thiol groups is 12. The molecule has 1 aromatic heterocycles. The van der Waals surface area contributed by atoms with Crippen molar-refractivity contribution in [1.82, 2.24) is 15.0 Å². The molecule has 440 valence electrons. The minimum Gasteiger partial charge on any atom is -0.487 e. The van der Waals surface area contributed by atoms with Gasteiger partial charge in [-0.05, 0) is 157 Å². The van der Waals surface area contributed by atoms with Gasteiger partial charge in [0.15, 0.2) is 0 Å². The van der Waals surface area contributed by atoms with Gasteiger partial charge in [-0.2, -0.15) is 152 Å². The Balaban J connectivity index is 0.000000504. The van der Waals surface area contributed by atoms with E-state index in [0.29, 0.717) is 19.8 Å². The SMILES string of the molecule is SCCC1=CN=C(CCS)C(CCS)O1.SCCCOC1OC(OCCCS)OC(OCCCS)O1.SCCCSC1OC(SCCCS)OC(SCCCS)O1.SCCCc1nc(CCCS)nc(CCCS)n1. The van der Waals surface area contributed by atoms with E-state index in [-0.39, 0.29) is 23.0 Å². The highest BCUT2D eigenvalue weighted by atomic mass is 32.2. The van der Waals surface area contributed by atoms with E-state index in [4.69, 9.17) is 47.4 Å². The lowest BCUT2D eigenvalue weighted by molar-refractivity contribution is -0.529. The second-order valence-electron chi connectivity index (χ2n) is 15.6. The van der Waals surface area contributed by atoms with Crippen molar-refractivity contribution in [3.05, 3.63) is 29.4 Å². The average Bonchev–Trinajstić information content (AvgIpc) is 3.41. The smallest absolute Gasteiger partial charge is 0.279 e. The van der Waals surface area contributed by atoms with Crippen molar-refractivity contribution in [2.24, 2.45) is 4.99 Å². The molecular weight excluding hydrogens is 1250 g/mol. The van der Waals surface area contributed by atoms with Gasteiger partial charge in [-0.1, -0.05) is 0 Å². The Kier molecular flexibility index (Phi) is 55.8. The molecule has 4 heterocycles. The molecule has 1 aromatic rings. The van der Waals surface area contributed by atoms with Crippen LogP contribution in [0.25, 0.3) is 0 Å². The first-order valence-electron chi connectivity index (χ1n) is 25.3. The standard InChI is InChI=1S/C12H21N3S3.C12H24O6S3.C12H24O3S6.C10H17NOS3/c16-7-1-4-10-13-11(5-2-8-17)15-12(14-10)6-3-9-18;19-7-1-4-13-10-16-11(14-5-2-8-20)18-12(17-10)15-6-3-9-21;16-4-1-7-19-10-13-11(20-8-2-5-17)15-12(14-10)21-9-3-6-18;13-4-1-8-7-11-9(2-5-14)10(12-8)3-6-15/h16-18H,1-9H2;10-12,19-21H,1-9H2;10-12,16-18H,1-9H2;7,10,13-15H,1-6H2. The fraction of sp³-hybridized carbons (Fsp3) is 0.870. The summed E-state index contributed by atoms with van der Waals surface area (Å²) in [5, 5.41) is 0. The Morgan fingerprint density at radius 2 is 0.733 bits per heavy atom. The van der Waals surface area contributed by atoms with Gasteiger partial charge in [0.2, 0.25) is 16.9 Å². The molecule has 3 aliphatic rings. The summed E-state index contributed by atoms with van der Waals surface area (Å²) < 4.78 is 55.7. The molecule has 14 nitrogen and oxygen atoms in total. The zero-order valence-corrected chi connectivity index (χ0v) is 56.1. The third kappa shape index (κ3) is 40.9. The first-order valence-corrected chi connectivity index (χ1v) is 36.0. The van der Waals surface area contributed by atoms with Gasteiger partial charge >= 0.3 is 0 Å². The maximum absolute atomic E-state index is 5.83. The molecule has 75 heavy (non-hydrogen) atoms. The monoisotopic (exact) mass is 1330 g/mol.